The van der Waals surface area contributed by atoms with Gasteiger partial charge in [0.05, 0.1) is 19.8 Å². The highest BCUT2D eigenvalue weighted by Crippen LogP contribution is 2.13. The third-order valence-electron chi connectivity index (χ3n) is 3.81. The smallest absolute Gasteiger partial charge is 0.0717 e. The number of hydrogen-bond donors (Lipinski definition) is 1. The lowest BCUT2D eigenvalue weighted by molar-refractivity contribution is 0.0791. The number of rotatable bonds is 9. The molecule has 0 spiro atoms. The van der Waals surface area contributed by atoms with Crippen LogP contribution in [0.2, 0.25) is 0 Å². The lowest BCUT2D eigenvalue weighted by Gasteiger charge is -2.10. The van der Waals surface area contributed by atoms with E-state index in [1.165, 1.54) is 11.1 Å². The first-order valence-corrected chi connectivity index (χ1v) is 8.18. The lowest BCUT2D eigenvalue weighted by atomic mass is 10.1. The Morgan fingerprint density at radius 1 is 1.24 bits per heavy atom. The molecule has 0 aromatic heterocycles. The van der Waals surface area contributed by atoms with Crippen molar-refractivity contribution in [2.75, 3.05) is 32.9 Å². The van der Waals surface area contributed by atoms with Gasteiger partial charge in [-0.1, -0.05) is 38.1 Å². The molecule has 1 aromatic rings. The topological polar surface area (TPSA) is 30.5 Å². The highest BCUT2D eigenvalue weighted by atomic mass is 16.5. The number of hydrogen-bond acceptors (Lipinski definition) is 3. The Kier molecular flexibility index (Phi) is 7.20. The van der Waals surface area contributed by atoms with Crippen LogP contribution in [0, 0.1) is 11.8 Å². The van der Waals surface area contributed by atoms with E-state index in [0.717, 1.165) is 51.7 Å². The molecule has 1 N–H and O–H groups in total. The fourth-order valence-corrected chi connectivity index (χ4v) is 2.48. The van der Waals surface area contributed by atoms with Crippen LogP contribution in [0.25, 0.3) is 0 Å². The standard InChI is InChI=1S/C18H29NO2/c1-15(2)11-19-9-7-16-3-5-17(6-4-16)12-21-14-18-8-10-20-13-18/h3-6,15,18-19H,7-14H2,1-2H3. The molecule has 3 nitrogen and oxygen atoms in total. The Balaban J connectivity index is 1.61. The highest BCUT2D eigenvalue weighted by molar-refractivity contribution is 5.22. The van der Waals surface area contributed by atoms with Crippen LogP contribution in [0.15, 0.2) is 24.3 Å². The van der Waals surface area contributed by atoms with Crippen molar-refractivity contribution < 1.29 is 9.47 Å². The van der Waals surface area contributed by atoms with E-state index in [9.17, 15) is 0 Å². The molecule has 3 heteroatoms. The van der Waals surface area contributed by atoms with Crippen LogP contribution in [0.3, 0.4) is 0 Å². The molecule has 1 aliphatic heterocycles. The van der Waals surface area contributed by atoms with Gasteiger partial charge in [-0.25, -0.2) is 0 Å². The Hall–Kier alpha value is -0.900. The van der Waals surface area contributed by atoms with E-state index in [-0.39, 0.29) is 0 Å². The third kappa shape index (κ3) is 6.60. The molecule has 0 saturated carbocycles. The molecule has 1 unspecified atom stereocenters. The lowest BCUT2D eigenvalue weighted by Crippen LogP contribution is -2.22. The molecule has 21 heavy (non-hydrogen) atoms. The van der Waals surface area contributed by atoms with Gasteiger partial charge in [0.1, 0.15) is 0 Å². The second-order valence-electron chi connectivity index (χ2n) is 6.41. The van der Waals surface area contributed by atoms with Crippen molar-refractivity contribution in [2.24, 2.45) is 11.8 Å². The van der Waals surface area contributed by atoms with Gasteiger partial charge in [-0.2, -0.15) is 0 Å². The summed E-state index contributed by atoms with van der Waals surface area (Å²) in [7, 11) is 0. The quantitative estimate of drug-likeness (QED) is 0.709. The summed E-state index contributed by atoms with van der Waals surface area (Å²) in [4.78, 5) is 0. The van der Waals surface area contributed by atoms with Crippen molar-refractivity contribution in [3.63, 3.8) is 0 Å². The van der Waals surface area contributed by atoms with Gasteiger partial charge in [0.25, 0.3) is 0 Å². The Labute approximate surface area is 129 Å². The van der Waals surface area contributed by atoms with Crippen LogP contribution in [-0.2, 0) is 22.5 Å². The maximum atomic E-state index is 5.78. The molecule has 1 heterocycles. The molecule has 0 radical (unpaired) electrons. The van der Waals surface area contributed by atoms with E-state index in [4.69, 9.17) is 9.47 Å². The van der Waals surface area contributed by atoms with Gasteiger partial charge >= 0.3 is 0 Å². The molecule has 1 fully saturated rings. The summed E-state index contributed by atoms with van der Waals surface area (Å²) in [6.07, 6.45) is 2.23. The molecule has 2 rings (SSSR count). The molecule has 0 aliphatic carbocycles. The molecular formula is C18H29NO2. The van der Waals surface area contributed by atoms with Gasteiger partial charge < -0.3 is 14.8 Å². The largest absolute Gasteiger partial charge is 0.381 e. The Bertz CT molecular complexity index is 383. The van der Waals surface area contributed by atoms with Crippen molar-refractivity contribution in [3.05, 3.63) is 35.4 Å². The van der Waals surface area contributed by atoms with E-state index >= 15 is 0 Å². The van der Waals surface area contributed by atoms with Crippen molar-refractivity contribution in [2.45, 2.75) is 33.3 Å². The molecule has 1 aromatic carbocycles. The fourth-order valence-electron chi connectivity index (χ4n) is 2.48. The van der Waals surface area contributed by atoms with Crippen molar-refractivity contribution in [1.29, 1.82) is 0 Å². The van der Waals surface area contributed by atoms with Crippen LogP contribution in [0.1, 0.15) is 31.4 Å². The molecular weight excluding hydrogens is 262 g/mol. The Morgan fingerprint density at radius 3 is 2.67 bits per heavy atom. The van der Waals surface area contributed by atoms with Crippen LogP contribution >= 0.6 is 0 Å². The van der Waals surface area contributed by atoms with Crippen LogP contribution in [0.5, 0.6) is 0 Å². The monoisotopic (exact) mass is 291 g/mol. The van der Waals surface area contributed by atoms with Gasteiger partial charge in [0.15, 0.2) is 0 Å². The predicted octanol–water partition coefficient (Wildman–Crippen LogP) is 3.03. The summed E-state index contributed by atoms with van der Waals surface area (Å²) < 4.78 is 11.1. The summed E-state index contributed by atoms with van der Waals surface area (Å²) in [6, 6.07) is 8.80. The summed E-state index contributed by atoms with van der Waals surface area (Å²) >= 11 is 0. The second kappa shape index (κ2) is 9.19. The molecule has 118 valence electrons. The number of ether oxygens (including phenoxy) is 2. The van der Waals surface area contributed by atoms with E-state index in [1.807, 2.05) is 0 Å². The fraction of sp³-hybridized carbons (Fsp3) is 0.667. The van der Waals surface area contributed by atoms with Gasteiger partial charge in [0, 0.05) is 12.5 Å². The summed E-state index contributed by atoms with van der Waals surface area (Å²) in [5, 5.41) is 3.48. The number of nitrogens with one attached hydrogen (secondary N) is 1. The minimum absolute atomic E-state index is 0.594. The van der Waals surface area contributed by atoms with Gasteiger partial charge in [-0.05, 0) is 43.0 Å². The molecule has 1 saturated heterocycles. The first-order valence-electron chi connectivity index (χ1n) is 8.18. The van der Waals surface area contributed by atoms with E-state index in [1.54, 1.807) is 0 Å². The first kappa shape index (κ1) is 16.5. The summed E-state index contributed by atoms with van der Waals surface area (Å²) in [5.74, 6) is 1.31. The molecule has 0 amide bonds. The average Bonchev–Trinajstić information content (AvgIpc) is 2.98. The van der Waals surface area contributed by atoms with Crippen LogP contribution in [-0.4, -0.2) is 32.9 Å². The number of benzene rings is 1. The normalized spacial score (nSPS) is 18.5. The Morgan fingerprint density at radius 2 is 2.00 bits per heavy atom. The zero-order valence-electron chi connectivity index (χ0n) is 13.4. The minimum Gasteiger partial charge on any atom is -0.381 e. The maximum Gasteiger partial charge on any atom is 0.0717 e. The van der Waals surface area contributed by atoms with Crippen LogP contribution in [0.4, 0.5) is 0 Å². The van der Waals surface area contributed by atoms with E-state index in [2.05, 4.69) is 43.4 Å². The van der Waals surface area contributed by atoms with Crippen LogP contribution < -0.4 is 5.32 Å². The third-order valence-corrected chi connectivity index (χ3v) is 3.81. The van der Waals surface area contributed by atoms with E-state index in [0.29, 0.717) is 12.5 Å². The highest BCUT2D eigenvalue weighted by Gasteiger charge is 2.15. The summed E-state index contributed by atoms with van der Waals surface area (Å²) in [5.41, 5.74) is 2.65. The van der Waals surface area contributed by atoms with Crippen molar-refractivity contribution in [3.8, 4) is 0 Å². The van der Waals surface area contributed by atoms with Gasteiger partial charge in [0.2, 0.25) is 0 Å². The van der Waals surface area contributed by atoms with Gasteiger partial charge in [-0.15, -0.1) is 0 Å². The molecule has 0 bridgehead atoms. The average molecular weight is 291 g/mol. The summed E-state index contributed by atoms with van der Waals surface area (Å²) in [6.45, 7) is 9.91. The van der Waals surface area contributed by atoms with Crippen molar-refractivity contribution in [1.82, 2.24) is 5.32 Å². The zero-order valence-corrected chi connectivity index (χ0v) is 13.4. The zero-order chi connectivity index (χ0) is 14.9. The molecule has 1 atom stereocenters. The van der Waals surface area contributed by atoms with Gasteiger partial charge in [-0.3, -0.25) is 0 Å². The maximum absolute atomic E-state index is 5.78. The molecule has 1 aliphatic rings. The predicted molar refractivity (Wildman–Crippen MR) is 86.4 cm³/mol. The van der Waals surface area contributed by atoms with Crippen molar-refractivity contribution >= 4 is 0 Å². The minimum atomic E-state index is 0.594. The first-order chi connectivity index (χ1) is 10.2. The SMILES string of the molecule is CC(C)CNCCc1ccc(COCC2CCOC2)cc1. The van der Waals surface area contributed by atoms with E-state index < -0.39 is 0 Å². The second-order valence-corrected chi connectivity index (χ2v) is 6.41.